The average Bonchev–Trinajstić information content (AvgIpc) is 3.15. The molecule has 1 heterocycles. The van der Waals surface area contributed by atoms with Gasteiger partial charge in [-0.05, 0) is 60.5 Å². The van der Waals surface area contributed by atoms with Gasteiger partial charge in [0.1, 0.15) is 23.1 Å². The lowest BCUT2D eigenvalue weighted by Crippen LogP contribution is -2.45. The molecule has 37 heavy (non-hydrogen) atoms. The third-order valence-corrected chi connectivity index (χ3v) is 6.27. The second-order valence-electron chi connectivity index (χ2n) is 9.21. The van der Waals surface area contributed by atoms with Crippen molar-refractivity contribution < 1.29 is 42.9 Å². The highest BCUT2D eigenvalue weighted by molar-refractivity contribution is 9.10. The van der Waals surface area contributed by atoms with Crippen LogP contribution in [0.25, 0.3) is 0 Å². The predicted octanol–water partition coefficient (Wildman–Crippen LogP) is 3.44. The van der Waals surface area contributed by atoms with E-state index in [4.69, 9.17) is 23.7 Å². The lowest BCUT2D eigenvalue weighted by atomic mass is 9.74. The number of halogens is 1. The Kier molecular flexibility index (Phi) is 8.16. The largest absolute Gasteiger partial charge is 0.496 e. The van der Waals surface area contributed by atoms with Crippen LogP contribution in [0.3, 0.4) is 0 Å². The zero-order chi connectivity index (χ0) is 27.5. The third-order valence-electron chi connectivity index (χ3n) is 5.65. The van der Waals surface area contributed by atoms with E-state index in [0.717, 1.165) is 0 Å². The summed E-state index contributed by atoms with van der Waals surface area (Å²) in [5, 5.41) is 2.51. The lowest BCUT2D eigenvalue weighted by molar-refractivity contribution is -0.154. The molecule has 2 aromatic carbocycles. The summed E-state index contributed by atoms with van der Waals surface area (Å²) in [5.41, 5.74) is -1.86. The number of methoxy groups -OCH3 is 3. The first-order valence-electron chi connectivity index (χ1n) is 11.2. The molecule has 0 saturated heterocycles. The lowest BCUT2D eigenvalue weighted by Gasteiger charge is -2.26. The first kappa shape index (κ1) is 28.0. The van der Waals surface area contributed by atoms with Crippen molar-refractivity contribution in [2.75, 3.05) is 21.3 Å². The summed E-state index contributed by atoms with van der Waals surface area (Å²) in [6.07, 6.45) is -0.846. The van der Waals surface area contributed by atoms with Crippen LogP contribution in [0.2, 0.25) is 0 Å². The molecule has 198 valence electrons. The molecule has 0 saturated carbocycles. The van der Waals surface area contributed by atoms with Crippen molar-refractivity contribution in [2.24, 2.45) is 0 Å². The number of para-hydroxylation sites is 1. The van der Waals surface area contributed by atoms with Crippen LogP contribution in [-0.2, 0) is 40.4 Å². The summed E-state index contributed by atoms with van der Waals surface area (Å²) in [7, 11) is 3.76. The van der Waals surface area contributed by atoms with Crippen molar-refractivity contribution >= 4 is 39.9 Å². The predicted molar refractivity (Wildman–Crippen MR) is 134 cm³/mol. The van der Waals surface area contributed by atoms with E-state index < -0.39 is 41.1 Å². The highest BCUT2D eigenvalue weighted by Crippen LogP contribution is 2.50. The van der Waals surface area contributed by atoms with Gasteiger partial charge in [0, 0.05) is 17.5 Å². The molecule has 1 N–H and O–H groups in total. The van der Waals surface area contributed by atoms with Gasteiger partial charge in [-0.3, -0.25) is 4.79 Å². The number of rotatable bonds is 7. The Balaban J connectivity index is 2.12. The molecule has 0 fully saturated rings. The Morgan fingerprint density at radius 3 is 2.35 bits per heavy atom. The zero-order valence-corrected chi connectivity index (χ0v) is 22.9. The number of ether oxygens (including phenoxy) is 5. The molecule has 10 nitrogen and oxygen atoms in total. The molecule has 1 aliphatic heterocycles. The maximum absolute atomic E-state index is 13.4. The second-order valence-corrected chi connectivity index (χ2v) is 10.1. The van der Waals surface area contributed by atoms with Gasteiger partial charge in [0.25, 0.3) is 0 Å². The maximum atomic E-state index is 13.4. The van der Waals surface area contributed by atoms with Crippen LogP contribution in [0.1, 0.15) is 37.5 Å². The van der Waals surface area contributed by atoms with Crippen molar-refractivity contribution in [1.82, 2.24) is 5.32 Å². The molecular formula is C26H28BrNO9. The van der Waals surface area contributed by atoms with Gasteiger partial charge < -0.3 is 29.0 Å². The van der Waals surface area contributed by atoms with Crippen molar-refractivity contribution in [3.05, 3.63) is 57.6 Å². The number of amides is 1. The van der Waals surface area contributed by atoms with E-state index in [-0.39, 0.29) is 29.0 Å². The average molecular weight is 578 g/mol. The van der Waals surface area contributed by atoms with Crippen molar-refractivity contribution in [3.8, 4) is 11.5 Å². The van der Waals surface area contributed by atoms with Crippen LogP contribution in [0.4, 0.5) is 4.79 Å². The van der Waals surface area contributed by atoms with E-state index >= 15 is 0 Å². The highest BCUT2D eigenvalue weighted by atomic mass is 79.9. The topological polar surface area (TPSA) is 126 Å². The van der Waals surface area contributed by atoms with Gasteiger partial charge in [0.05, 0.1) is 25.8 Å². The number of esters is 3. The quantitative estimate of drug-likeness (QED) is 0.228. The van der Waals surface area contributed by atoms with Crippen molar-refractivity contribution in [3.63, 3.8) is 0 Å². The Bertz CT molecular complexity index is 1240. The van der Waals surface area contributed by atoms with Crippen LogP contribution >= 0.6 is 15.9 Å². The van der Waals surface area contributed by atoms with E-state index in [2.05, 4.69) is 21.2 Å². The number of fused-ring (bicyclic) bond motifs is 1. The molecule has 0 bridgehead atoms. The molecule has 2 aromatic rings. The Morgan fingerprint density at radius 1 is 1.05 bits per heavy atom. The third kappa shape index (κ3) is 5.41. The first-order valence-corrected chi connectivity index (χ1v) is 12.0. The normalized spacial score (nSPS) is 17.2. The Labute approximate surface area is 222 Å². The summed E-state index contributed by atoms with van der Waals surface area (Å²) in [6.45, 7) is 5.08. The number of hydrogen-bond acceptors (Lipinski definition) is 9. The number of hydrogen-bond donors (Lipinski definition) is 1. The van der Waals surface area contributed by atoms with Crippen LogP contribution in [0, 0.1) is 0 Å². The van der Waals surface area contributed by atoms with Gasteiger partial charge in [0.2, 0.25) is 5.41 Å². The van der Waals surface area contributed by atoms with Gasteiger partial charge in [-0.15, -0.1) is 0 Å². The fourth-order valence-electron chi connectivity index (χ4n) is 4.09. The van der Waals surface area contributed by atoms with Crippen molar-refractivity contribution in [1.29, 1.82) is 0 Å². The van der Waals surface area contributed by atoms with E-state index in [9.17, 15) is 19.2 Å². The number of benzene rings is 2. The minimum Gasteiger partial charge on any atom is -0.496 e. The van der Waals surface area contributed by atoms with E-state index in [1.807, 2.05) is 0 Å². The standard InChI is InChI=1S/C26H28BrNO9/c1-25(2,3)37-24(32)28-18(21(29)34-5)13-14-10-11-19(33-4)16(12-14)26(22(30)35-6)15-8-7-9-17(27)20(15)36-23(26)31/h7-12,18H,13H2,1-6H3,(H,28,32)/t18-,26?/m0/s1. The molecule has 3 rings (SSSR count). The molecule has 1 aliphatic rings. The van der Waals surface area contributed by atoms with E-state index in [1.54, 1.807) is 57.2 Å². The summed E-state index contributed by atoms with van der Waals surface area (Å²) in [5.74, 6) is -2.05. The van der Waals surface area contributed by atoms with Gasteiger partial charge in [-0.1, -0.05) is 18.2 Å². The van der Waals surface area contributed by atoms with Crippen LogP contribution < -0.4 is 14.8 Å². The maximum Gasteiger partial charge on any atom is 0.408 e. The summed E-state index contributed by atoms with van der Waals surface area (Å²) >= 11 is 3.36. The number of nitrogens with one attached hydrogen (secondary N) is 1. The van der Waals surface area contributed by atoms with Gasteiger partial charge in [-0.2, -0.15) is 0 Å². The Morgan fingerprint density at radius 2 is 1.76 bits per heavy atom. The molecule has 11 heteroatoms. The monoisotopic (exact) mass is 577 g/mol. The summed E-state index contributed by atoms with van der Waals surface area (Å²) in [6, 6.07) is 8.55. The molecule has 0 aromatic heterocycles. The van der Waals surface area contributed by atoms with Crippen LogP contribution in [-0.4, -0.2) is 57.0 Å². The minimum atomic E-state index is -1.99. The molecule has 1 amide bonds. The molecule has 0 spiro atoms. The molecule has 1 unspecified atom stereocenters. The van der Waals surface area contributed by atoms with Gasteiger partial charge >= 0.3 is 24.0 Å². The first-order chi connectivity index (χ1) is 17.4. The molecular weight excluding hydrogens is 550 g/mol. The van der Waals surface area contributed by atoms with E-state index in [1.165, 1.54) is 21.3 Å². The SMILES string of the molecule is COC(=O)[C@H](Cc1ccc(OC)c(C2(C(=O)OC)C(=O)Oc3c(Br)cccc32)c1)NC(=O)OC(C)(C)C. The highest BCUT2D eigenvalue weighted by Gasteiger charge is 2.59. The van der Waals surface area contributed by atoms with Crippen molar-refractivity contribution in [2.45, 2.75) is 44.2 Å². The van der Waals surface area contributed by atoms with Gasteiger partial charge in [0.15, 0.2) is 0 Å². The zero-order valence-electron chi connectivity index (χ0n) is 21.3. The van der Waals surface area contributed by atoms with Crippen LogP contribution in [0.15, 0.2) is 40.9 Å². The second kappa shape index (κ2) is 10.8. The fraction of sp³-hybridized carbons (Fsp3) is 0.385. The number of carbonyl (C=O) groups excluding carboxylic acids is 4. The number of alkyl carbamates (subject to hydrolysis) is 1. The molecule has 2 atom stereocenters. The van der Waals surface area contributed by atoms with Gasteiger partial charge in [-0.25, -0.2) is 14.4 Å². The van der Waals surface area contributed by atoms with E-state index in [0.29, 0.717) is 10.0 Å². The summed E-state index contributed by atoms with van der Waals surface area (Å²) in [4.78, 5) is 51.5. The molecule has 0 radical (unpaired) electrons. The minimum absolute atomic E-state index is 0.0411. The fourth-order valence-corrected chi connectivity index (χ4v) is 4.54. The summed E-state index contributed by atoms with van der Waals surface area (Å²) < 4.78 is 26.7. The van der Waals surface area contributed by atoms with Crippen LogP contribution in [0.5, 0.6) is 11.5 Å². The smallest absolute Gasteiger partial charge is 0.408 e. The Hall–Kier alpha value is -3.60. The number of carbonyl (C=O) groups is 4. The molecule has 0 aliphatic carbocycles.